The molecule has 1 aromatic heterocycles. The Morgan fingerprint density at radius 1 is 1.45 bits per heavy atom. The van der Waals surface area contributed by atoms with E-state index in [1.165, 1.54) is 12.1 Å². The molecule has 5 nitrogen and oxygen atoms in total. The van der Waals surface area contributed by atoms with Gasteiger partial charge in [0.05, 0.1) is 5.92 Å². The van der Waals surface area contributed by atoms with Crippen molar-refractivity contribution in [2.45, 2.75) is 37.0 Å². The summed E-state index contributed by atoms with van der Waals surface area (Å²) in [7, 11) is 1.62. The van der Waals surface area contributed by atoms with Crippen LogP contribution in [-0.4, -0.2) is 23.1 Å². The summed E-state index contributed by atoms with van der Waals surface area (Å²) in [6.07, 6.45) is 3.21. The van der Waals surface area contributed by atoms with Gasteiger partial charge in [-0.25, -0.2) is 4.39 Å². The number of amides is 1. The van der Waals surface area contributed by atoms with E-state index in [0.29, 0.717) is 11.7 Å². The monoisotopic (exact) mass is 301 g/mol. The number of aromatic nitrogens is 2. The van der Waals surface area contributed by atoms with E-state index in [0.717, 1.165) is 36.8 Å². The lowest BCUT2D eigenvalue weighted by atomic mass is 9.68. The van der Waals surface area contributed by atoms with Crippen LogP contribution in [0.15, 0.2) is 22.7 Å². The number of carbonyl (C=O) groups excluding carboxylic acids is 1. The second-order valence-electron chi connectivity index (χ2n) is 6.07. The second kappa shape index (κ2) is 4.63. The molecular formula is C16H16FN3O2. The number of benzene rings is 1. The molecule has 1 amide bonds. The van der Waals surface area contributed by atoms with Crippen LogP contribution < -0.4 is 5.32 Å². The van der Waals surface area contributed by atoms with Crippen LogP contribution in [0.5, 0.6) is 0 Å². The zero-order chi connectivity index (χ0) is 15.3. The highest BCUT2D eigenvalue weighted by molar-refractivity contribution is 5.87. The van der Waals surface area contributed by atoms with Gasteiger partial charge in [-0.15, -0.1) is 0 Å². The van der Waals surface area contributed by atoms with E-state index in [1.807, 2.05) is 0 Å². The van der Waals surface area contributed by atoms with Crippen LogP contribution in [0.3, 0.4) is 0 Å². The third kappa shape index (κ3) is 1.73. The van der Waals surface area contributed by atoms with Gasteiger partial charge in [0.1, 0.15) is 11.2 Å². The van der Waals surface area contributed by atoms with Gasteiger partial charge in [0, 0.05) is 7.05 Å². The Labute approximate surface area is 126 Å². The molecule has 2 aliphatic rings. The number of rotatable bonds is 3. The van der Waals surface area contributed by atoms with Crippen LogP contribution >= 0.6 is 0 Å². The van der Waals surface area contributed by atoms with E-state index >= 15 is 0 Å². The predicted octanol–water partition coefficient (Wildman–Crippen LogP) is 2.06. The van der Waals surface area contributed by atoms with Gasteiger partial charge in [-0.3, -0.25) is 4.79 Å². The lowest BCUT2D eigenvalue weighted by molar-refractivity contribution is -0.130. The van der Waals surface area contributed by atoms with Crippen molar-refractivity contribution in [2.24, 2.45) is 0 Å². The third-order valence-corrected chi connectivity index (χ3v) is 4.94. The van der Waals surface area contributed by atoms with Crippen molar-refractivity contribution >= 4 is 5.91 Å². The van der Waals surface area contributed by atoms with Crippen molar-refractivity contribution in [3.05, 3.63) is 46.9 Å². The highest BCUT2D eigenvalue weighted by Gasteiger charge is 2.50. The summed E-state index contributed by atoms with van der Waals surface area (Å²) < 4.78 is 18.7. The molecule has 0 bridgehead atoms. The fraction of sp³-hybridized carbons (Fsp3) is 0.438. The molecule has 0 aliphatic heterocycles. The molecule has 1 fully saturated rings. The van der Waals surface area contributed by atoms with E-state index < -0.39 is 5.41 Å². The first-order valence-corrected chi connectivity index (χ1v) is 7.48. The number of nitrogens with one attached hydrogen (secondary N) is 1. The fourth-order valence-electron chi connectivity index (χ4n) is 3.38. The Bertz CT molecular complexity index is 752. The Hall–Kier alpha value is -2.24. The first kappa shape index (κ1) is 13.4. The SMILES string of the molecule is CNC(=O)C1(c2nc(C3Cc4ccc(F)cc43)no2)CCC1. The normalized spacial score (nSPS) is 21.5. The van der Waals surface area contributed by atoms with Gasteiger partial charge in [0.2, 0.25) is 11.8 Å². The number of nitrogens with zero attached hydrogens (tertiary/aromatic N) is 2. The molecular weight excluding hydrogens is 285 g/mol. The molecule has 0 radical (unpaired) electrons. The predicted molar refractivity (Wildman–Crippen MR) is 75.8 cm³/mol. The first-order valence-electron chi connectivity index (χ1n) is 7.48. The molecule has 114 valence electrons. The molecule has 2 aromatic rings. The summed E-state index contributed by atoms with van der Waals surface area (Å²) in [6, 6.07) is 4.78. The Morgan fingerprint density at radius 2 is 2.27 bits per heavy atom. The zero-order valence-electron chi connectivity index (χ0n) is 12.2. The van der Waals surface area contributed by atoms with Crippen LogP contribution in [-0.2, 0) is 16.6 Å². The molecule has 4 rings (SSSR count). The molecule has 1 aromatic carbocycles. The van der Waals surface area contributed by atoms with Gasteiger partial charge in [-0.2, -0.15) is 4.98 Å². The average Bonchev–Trinajstić information content (AvgIpc) is 2.90. The summed E-state index contributed by atoms with van der Waals surface area (Å²) in [5.74, 6) is 0.563. The standard InChI is InChI=1S/C16H16FN3O2/c1-18-14(21)16(5-2-6-16)15-19-13(20-22-15)12-7-9-3-4-10(17)8-11(9)12/h3-4,8,12H,2,5-7H2,1H3,(H,18,21). The number of likely N-dealkylation sites (N-methyl/N-ethyl adjacent to an activating group) is 1. The van der Waals surface area contributed by atoms with E-state index in [4.69, 9.17) is 4.52 Å². The molecule has 22 heavy (non-hydrogen) atoms. The zero-order valence-corrected chi connectivity index (χ0v) is 12.2. The highest BCUT2D eigenvalue weighted by atomic mass is 19.1. The van der Waals surface area contributed by atoms with E-state index in [2.05, 4.69) is 15.5 Å². The Balaban J connectivity index is 1.64. The summed E-state index contributed by atoms with van der Waals surface area (Å²) in [6.45, 7) is 0. The molecule has 2 aliphatic carbocycles. The molecule has 1 saturated carbocycles. The van der Waals surface area contributed by atoms with Crippen LogP contribution in [0.1, 0.15) is 48.0 Å². The maximum absolute atomic E-state index is 13.4. The van der Waals surface area contributed by atoms with Crippen molar-refractivity contribution in [1.82, 2.24) is 15.5 Å². The largest absolute Gasteiger partial charge is 0.358 e. The smallest absolute Gasteiger partial charge is 0.242 e. The van der Waals surface area contributed by atoms with Gasteiger partial charge in [0.15, 0.2) is 5.82 Å². The van der Waals surface area contributed by atoms with Crippen LogP contribution in [0, 0.1) is 5.82 Å². The van der Waals surface area contributed by atoms with Gasteiger partial charge in [-0.1, -0.05) is 17.6 Å². The number of hydrogen-bond donors (Lipinski definition) is 1. The number of halogens is 1. The van der Waals surface area contributed by atoms with Crippen molar-refractivity contribution in [3.63, 3.8) is 0 Å². The van der Waals surface area contributed by atoms with Gasteiger partial charge < -0.3 is 9.84 Å². The number of carbonyl (C=O) groups is 1. The molecule has 0 saturated heterocycles. The quantitative estimate of drug-likeness (QED) is 0.942. The van der Waals surface area contributed by atoms with E-state index in [-0.39, 0.29) is 17.6 Å². The Kier molecular flexibility index (Phi) is 2.82. The van der Waals surface area contributed by atoms with Crippen molar-refractivity contribution < 1.29 is 13.7 Å². The molecule has 1 N–H and O–H groups in total. The maximum atomic E-state index is 13.4. The van der Waals surface area contributed by atoms with Crippen LogP contribution in [0.4, 0.5) is 4.39 Å². The number of hydrogen-bond acceptors (Lipinski definition) is 4. The Morgan fingerprint density at radius 3 is 2.95 bits per heavy atom. The van der Waals surface area contributed by atoms with E-state index in [9.17, 15) is 9.18 Å². The lowest BCUT2D eigenvalue weighted by Gasteiger charge is -2.36. The fourth-order valence-corrected chi connectivity index (χ4v) is 3.38. The van der Waals surface area contributed by atoms with Crippen LogP contribution in [0.2, 0.25) is 0 Å². The summed E-state index contributed by atoms with van der Waals surface area (Å²) in [4.78, 5) is 16.6. The molecule has 6 heteroatoms. The second-order valence-corrected chi connectivity index (χ2v) is 6.07. The average molecular weight is 301 g/mol. The molecule has 0 spiro atoms. The highest BCUT2D eigenvalue weighted by Crippen LogP contribution is 2.45. The number of fused-ring (bicyclic) bond motifs is 1. The van der Waals surface area contributed by atoms with Crippen molar-refractivity contribution in [1.29, 1.82) is 0 Å². The topological polar surface area (TPSA) is 68.0 Å². The lowest BCUT2D eigenvalue weighted by Crippen LogP contribution is -2.48. The molecule has 1 heterocycles. The van der Waals surface area contributed by atoms with Gasteiger partial charge in [-0.05, 0) is 42.5 Å². The molecule has 1 atom stereocenters. The third-order valence-electron chi connectivity index (χ3n) is 4.94. The summed E-state index contributed by atoms with van der Waals surface area (Å²) >= 11 is 0. The minimum atomic E-state index is -0.672. The summed E-state index contributed by atoms with van der Waals surface area (Å²) in [5, 5.41) is 6.72. The first-order chi connectivity index (χ1) is 10.6. The van der Waals surface area contributed by atoms with Gasteiger partial charge in [0.25, 0.3) is 0 Å². The summed E-state index contributed by atoms with van der Waals surface area (Å²) in [5.41, 5.74) is 1.35. The minimum Gasteiger partial charge on any atom is -0.358 e. The van der Waals surface area contributed by atoms with Gasteiger partial charge >= 0.3 is 0 Å². The van der Waals surface area contributed by atoms with Crippen LogP contribution in [0.25, 0.3) is 0 Å². The minimum absolute atomic E-state index is 0.0370. The maximum Gasteiger partial charge on any atom is 0.242 e. The molecule has 1 unspecified atom stereocenters. The van der Waals surface area contributed by atoms with E-state index in [1.54, 1.807) is 13.1 Å². The van der Waals surface area contributed by atoms with Crippen molar-refractivity contribution in [3.8, 4) is 0 Å². The van der Waals surface area contributed by atoms with Crippen molar-refractivity contribution in [2.75, 3.05) is 7.05 Å².